The zero-order chi connectivity index (χ0) is 42.4. The minimum atomic E-state index is -1.67. The molecular formula is C35H58N12O9. The summed E-state index contributed by atoms with van der Waals surface area (Å²) in [5, 5.41) is 22.0. The van der Waals surface area contributed by atoms with E-state index in [1.807, 2.05) is 0 Å². The number of primary amides is 2. The van der Waals surface area contributed by atoms with Crippen molar-refractivity contribution in [3.63, 3.8) is 0 Å². The third-order valence-electron chi connectivity index (χ3n) is 8.43. The van der Waals surface area contributed by atoms with Gasteiger partial charge in [-0.2, -0.15) is 0 Å². The minimum Gasteiger partial charge on any atom is -0.480 e. The number of carboxylic acids is 1. The van der Waals surface area contributed by atoms with Gasteiger partial charge in [-0.15, -0.1) is 0 Å². The number of amides is 7. The van der Waals surface area contributed by atoms with Gasteiger partial charge >= 0.3 is 5.97 Å². The molecule has 0 saturated carbocycles. The number of aliphatic imine (C=N–C) groups is 1. The number of nitrogens with one attached hydrogen (secondary N) is 5. The zero-order valence-electron chi connectivity index (χ0n) is 31.8. The Morgan fingerprint density at radius 1 is 0.643 bits per heavy atom. The normalized spacial score (nSPS) is 14.1. The smallest absolute Gasteiger partial charge is 0.326 e. The molecule has 1 aromatic carbocycles. The average Bonchev–Trinajstić information content (AvgIpc) is 3.12. The van der Waals surface area contributed by atoms with Crippen LogP contribution in [0.15, 0.2) is 35.3 Å². The molecule has 21 nitrogen and oxygen atoms in total. The molecule has 0 fully saturated rings. The van der Waals surface area contributed by atoms with E-state index in [0.29, 0.717) is 18.4 Å². The van der Waals surface area contributed by atoms with Crippen molar-refractivity contribution in [1.82, 2.24) is 26.6 Å². The van der Waals surface area contributed by atoms with Gasteiger partial charge in [0.2, 0.25) is 41.4 Å². The largest absolute Gasteiger partial charge is 0.480 e. The third-order valence-corrected chi connectivity index (χ3v) is 8.43. The van der Waals surface area contributed by atoms with Gasteiger partial charge in [0.25, 0.3) is 0 Å². The molecule has 6 unspecified atom stereocenters. The van der Waals surface area contributed by atoms with Gasteiger partial charge in [-0.25, -0.2) is 4.79 Å². The molecule has 0 spiro atoms. The molecular weight excluding hydrogens is 732 g/mol. The number of aliphatic carboxylic acids is 1. The lowest BCUT2D eigenvalue weighted by atomic mass is 10.0. The van der Waals surface area contributed by atoms with Crippen molar-refractivity contribution in [3.05, 3.63) is 35.9 Å². The minimum absolute atomic E-state index is 0.0212. The van der Waals surface area contributed by atoms with Gasteiger partial charge in [0.1, 0.15) is 30.2 Å². The summed E-state index contributed by atoms with van der Waals surface area (Å²) in [5.41, 5.74) is 33.7. The van der Waals surface area contributed by atoms with E-state index in [4.69, 9.17) is 34.4 Å². The highest BCUT2D eigenvalue weighted by atomic mass is 16.4. The van der Waals surface area contributed by atoms with E-state index in [1.54, 1.807) is 44.2 Å². The molecule has 18 N–H and O–H groups in total. The second-order valence-corrected chi connectivity index (χ2v) is 13.5. The summed E-state index contributed by atoms with van der Waals surface area (Å²) in [6.07, 6.45) is -0.582. The first-order chi connectivity index (χ1) is 26.4. The number of guanidine groups is 1. The predicted octanol–water partition coefficient (Wildman–Crippen LogP) is -3.96. The summed E-state index contributed by atoms with van der Waals surface area (Å²) < 4.78 is 0. The molecule has 0 radical (unpaired) electrons. The molecule has 7 amide bonds. The number of carbonyl (C=O) groups is 8. The van der Waals surface area contributed by atoms with E-state index in [1.165, 1.54) is 0 Å². The van der Waals surface area contributed by atoms with Crippen LogP contribution in [-0.2, 0) is 44.8 Å². The van der Waals surface area contributed by atoms with Gasteiger partial charge in [-0.05, 0) is 56.6 Å². The summed E-state index contributed by atoms with van der Waals surface area (Å²) >= 11 is 0. The number of nitrogens with zero attached hydrogens (tertiary/aromatic N) is 1. The fraction of sp³-hybridized carbons (Fsp3) is 0.571. The molecule has 0 aliphatic carbocycles. The SMILES string of the molecule is CC(C)C(N)C(=O)NC(Cc1ccccc1)C(=O)NC(CCCN=C(N)N)C(=O)NC(CC(N)=O)C(=O)NC(CCCCN)C(=O)NC(CCC(N)=O)C(=O)O. The highest BCUT2D eigenvalue weighted by Crippen LogP contribution is 2.09. The first-order valence-corrected chi connectivity index (χ1v) is 18.2. The summed E-state index contributed by atoms with van der Waals surface area (Å²) in [7, 11) is 0. The maximum Gasteiger partial charge on any atom is 0.326 e. The van der Waals surface area contributed by atoms with Crippen molar-refractivity contribution in [2.24, 2.45) is 45.3 Å². The molecule has 1 rings (SSSR count). The number of hydrogen-bond donors (Lipinski definition) is 12. The maximum atomic E-state index is 13.8. The van der Waals surface area contributed by atoms with Gasteiger partial charge in [-0.1, -0.05) is 44.2 Å². The highest BCUT2D eigenvalue weighted by molar-refractivity contribution is 5.98. The molecule has 0 aliphatic rings. The van der Waals surface area contributed by atoms with Crippen LogP contribution in [0.5, 0.6) is 0 Å². The van der Waals surface area contributed by atoms with Crippen LogP contribution in [0.2, 0.25) is 0 Å². The van der Waals surface area contributed by atoms with E-state index in [0.717, 1.165) is 0 Å². The summed E-state index contributed by atoms with van der Waals surface area (Å²) in [5.74, 6) is -7.98. The van der Waals surface area contributed by atoms with E-state index in [9.17, 15) is 43.5 Å². The first kappa shape index (κ1) is 48.2. The average molecular weight is 791 g/mol. The van der Waals surface area contributed by atoms with E-state index in [2.05, 4.69) is 31.6 Å². The maximum absolute atomic E-state index is 13.8. The number of benzene rings is 1. The number of carboxylic acid groups (broad SMARTS) is 1. The molecule has 56 heavy (non-hydrogen) atoms. The molecule has 21 heteroatoms. The summed E-state index contributed by atoms with van der Waals surface area (Å²) in [6.45, 7) is 3.77. The van der Waals surface area contributed by atoms with E-state index in [-0.39, 0.29) is 63.5 Å². The van der Waals surface area contributed by atoms with Gasteiger partial charge in [0.05, 0.1) is 12.5 Å². The quantitative estimate of drug-likeness (QED) is 0.0230. The van der Waals surface area contributed by atoms with E-state index < -0.39 is 90.0 Å². The predicted molar refractivity (Wildman–Crippen MR) is 205 cm³/mol. The van der Waals surface area contributed by atoms with Gasteiger partial charge in [0, 0.05) is 19.4 Å². The monoisotopic (exact) mass is 790 g/mol. The van der Waals surface area contributed by atoms with Crippen LogP contribution >= 0.6 is 0 Å². The topological polar surface area (TPSA) is 385 Å². The molecule has 1 aromatic rings. The van der Waals surface area contributed by atoms with Gasteiger partial charge < -0.3 is 66.1 Å². The lowest BCUT2D eigenvalue weighted by Crippen LogP contribution is -2.60. The second kappa shape index (κ2) is 25.3. The molecule has 0 saturated heterocycles. The van der Waals surface area contributed by atoms with Crippen LogP contribution in [0.25, 0.3) is 0 Å². The lowest BCUT2D eigenvalue weighted by molar-refractivity contribution is -0.142. The Balaban J connectivity index is 3.41. The number of carbonyl (C=O) groups excluding carboxylic acids is 7. The Hall–Kier alpha value is -5.83. The molecule has 0 bridgehead atoms. The van der Waals surface area contributed by atoms with E-state index >= 15 is 0 Å². The molecule has 0 heterocycles. The standard InChI is InChI=1S/C35H58N12O9/c1-19(2)28(39)33(54)47-24(17-20-9-4-3-5-10-20)31(52)44-22(12-8-16-42-35(40)41)30(51)46-25(18-27(38)49)32(53)43-21(11-6-7-15-36)29(50)45-23(34(55)56)13-14-26(37)48/h3-5,9-10,19,21-25,28H,6-8,11-18,36,39H2,1-2H3,(H2,37,48)(H2,38,49)(H,43,53)(H,44,52)(H,45,50)(H,46,51)(H,47,54)(H,55,56)(H4,40,41,42). The van der Waals surface area contributed by atoms with Crippen molar-refractivity contribution >= 4 is 53.3 Å². The van der Waals surface area contributed by atoms with Crippen molar-refractivity contribution < 1.29 is 43.5 Å². The Morgan fingerprint density at radius 3 is 1.64 bits per heavy atom. The number of hydrogen-bond acceptors (Lipinski definition) is 11. The Morgan fingerprint density at radius 2 is 1.14 bits per heavy atom. The number of rotatable bonds is 27. The Labute approximate surface area is 325 Å². The Kier molecular flexibility index (Phi) is 21.8. The number of nitrogens with two attached hydrogens (primary N) is 6. The van der Waals surface area contributed by atoms with Crippen molar-refractivity contribution in [2.75, 3.05) is 13.1 Å². The van der Waals surface area contributed by atoms with Crippen LogP contribution in [0.1, 0.15) is 70.8 Å². The molecule has 0 aromatic heterocycles. The molecule has 312 valence electrons. The molecule has 0 aliphatic heterocycles. The highest BCUT2D eigenvalue weighted by Gasteiger charge is 2.33. The van der Waals surface area contributed by atoms with Crippen LogP contribution < -0.4 is 61.0 Å². The Bertz CT molecular complexity index is 1520. The second-order valence-electron chi connectivity index (χ2n) is 13.5. The van der Waals surface area contributed by atoms with Crippen LogP contribution in [-0.4, -0.2) is 108 Å². The van der Waals surface area contributed by atoms with Crippen LogP contribution in [0.4, 0.5) is 0 Å². The van der Waals surface area contributed by atoms with Crippen molar-refractivity contribution in [1.29, 1.82) is 0 Å². The zero-order valence-corrected chi connectivity index (χ0v) is 31.8. The first-order valence-electron chi connectivity index (χ1n) is 18.2. The van der Waals surface area contributed by atoms with Gasteiger partial charge in [0.15, 0.2) is 5.96 Å². The fourth-order valence-corrected chi connectivity index (χ4v) is 5.21. The van der Waals surface area contributed by atoms with Gasteiger partial charge in [-0.3, -0.25) is 38.6 Å². The van der Waals surface area contributed by atoms with Crippen molar-refractivity contribution in [2.45, 2.75) is 108 Å². The summed E-state index contributed by atoms with van der Waals surface area (Å²) in [6, 6.07) is 0.674. The van der Waals surface area contributed by atoms with Crippen LogP contribution in [0, 0.1) is 5.92 Å². The van der Waals surface area contributed by atoms with Crippen molar-refractivity contribution in [3.8, 4) is 0 Å². The third kappa shape index (κ3) is 19.0. The lowest BCUT2D eigenvalue weighted by Gasteiger charge is -2.27. The molecule has 6 atom stereocenters. The number of unbranched alkanes of at least 4 members (excludes halogenated alkanes) is 1. The summed E-state index contributed by atoms with van der Waals surface area (Å²) in [4.78, 5) is 106. The van der Waals surface area contributed by atoms with Crippen LogP contribution in [0.3, 0.4) is 0 Å². The fourth-order valence-electron chi connectivity index (χ4n) is 5.21.